The summed E-state index contributed by atoms with van der Waals surface area (Å²) >= 11 is 6.00. The molecule has 0 radical (unpaired) electrons. The number of hydrogen-bond acceptors (Lipinski definition) is 2. The molecule has 0 saturated heterocycles. The molecule has 1 aromatic carbocycles. The van der Waals surface area contributed by atoms with Gasteiger partial charge in [-0.25, -0.2) is 4.98 Å². The van der Waals surface area contributed by atoms with E-state index in [1.807, 2.05) is 24.5 Å². The van der Waals surface area contributed by atoms with Gasteiger partial charge in [-0.05, 0) is 25.1 Å². The number of benzene rings is 1. The number of nitrogens with zero attached hydrogens (tertiary/aromatic N) is 2. The fraction of sp³-hybridized carbons (Fsp3) is 0.300. The van der Waals surface area contributed by atoms with E-state index in [1.54, 1.807) is 0 Å². The standard InChI is InChI=1S/C10H12ClN3/c11-8-3-1-4-9-10(8)13-7-14(9)6-2-5-12/h1,3-4,7H,2,5-6,12H2. The second kappa shape index (κ2) is 3.98. The molecule has 2 rings (SSSR count). The highest BCUT2D eigenvalue weighted by molar-refractivity contribution is 6.34. The van der Waals surface area contributed by atoms with Gasteiger partial charge in [-0.1, -0.05) is 17.7 Å². The normalized spacial score (nSPS) is 11.0. The van der Waals surface area contributed by atoms with Crippen LogP contribution in [0.1, 0.15) is 6.42 Å². The maximum atomic E-state index is 6.00. The van der Waals surface area contributed by atoms with Gasteiger partial charge in [-0.3, -0.25) is 0 Å². The number of aromatic nitrogens is 2. The summed E-state index contributed by atoms with van der Waals surface area (Å²) in [7, 11) is 0. The molecule has 2 aromatic rings. The van der Waals surface area contributed by atoms with Crippen molar-refractivity contribution in [1.82, 2.24) is 9.55 Å². The zero-order valence-electron chi connectivity index (χ0n) is 7.78. The molecule has 0 aliphatic carbocycles. The summed E-state index contributed by atoms with van der Waals surface area (Å²) < 4.78 is 2.08. The van der Waals surface area contributed by atoms with Crippen LogP contribution in [0, 0.1) is 0 Å². The first-order valence-corrected chi connectivity index (χ1v) is 5.00. The molecule has 1 heterocycles. The van der Waals surface area contributed by atoms with Crippen LogP contribution in [0.4, 0.5) is 0 Å². The summed E-state index contributed by atoms with van der Waals surface area (Å²) in [5.41, 5.74) is 7.40. The number of aryl methyl sites for hydroxylation is 1. The fourth-order valence-corrected chi connectivity index (χ4v) is 1.71. The number of para-hydroxylation sites is 1. The highest BCUT2D eigenvalue weighted by atomic mass is 35.5. The molecule has 0 amide bonds. The second-order valence-electron chi connectivity index (χ2n) is 3.19. The van der Waals surface area contributed by atoms with Crippen molar-refractivity contribution in [2.75, 3.05) is 6.54 Å². The summed E-state index contributed by atoms with van der Waals surface area (Å²) in [6.07, 6.45) is 2.77. The van der Waals surface area contributed by atoms with Crippen molar-refractivity contribution < 1.29 is 0 Å². The number of nitrogens with two attached hydrogens (primary N) is 1. The Kier molecular flexibility index (Phi) is 2.70. The zero-order chi connectivity index (χ0) is 9.97. The molecule has 3 nitrogen and oxygen atoms in total. The minimum absolute atomic E-state index is 0.695. The lowest BCUT2D eigenvalue weighted by molar-refractivity contribution is 0.666. The lowest BCUT2D eigenvalue weighted by atomic mass is 10.3. The second-order valence-corrected chi connectivity index (χ2v) is 3.59. The van der Waals surface area contributed by atoms with Gasteiger partial charge in [0.2, 0.25) is 0 Å². The Labute approximate surface area is 87.5 Å². The molecule has 4 heteroatoms. The molecule has 1 aromatic heterocycles. The van der Waals surface area contributed by atoms with E-state index < -0.39 is 0 Å². The van der Waals surface area contributed by atoms with E-state index >= 15 is 0 Å². The van der Waals surface area contributed by atoms with Gasteiger partial charge in [0.15, 0.2) is 0 Å². The quantitative estimate of drug-likeness (QED) is 0.841. The first-order valence-electron chi connectivity index (χ1n) is 4.62. The lowest BCUT2D eigenvalue weighted by Gasteiger charge is -2.02. The summed E-state index contributed by atoms with van der Waals surface area (Å²) in [5.74, 6) is 0. The highest BCUT2D eigenvalue weighted by Crippen LogP contribution is 2.21. The topological polar surface area (TPSA) is 43.8 Å². The third-order valence-corrected chi connectivity index (χ3v) is 2.51. The van der Waals surface area contributed by atoms with E-state index in [4.69, 9.17) is 17.3 Å². The number of hydrogen-bond donors (Lipinski definition) is 1. The molecule has 0 unspecified atom stereocenters. The highest BCUT2D eigenvalue weighted by Gasteiger charge is 2.04. The molecule has 74 valence electrons. The SMILES string of the molecule is NCCCn1cnc2c(Cl)cccc21. The summed E-state index contributed by atoms with van der Waals surface area (Å²) in [4.78, 5) is 4.26. The Hall–Kier alpha value is -1.06. The van der Waals surface area contributed by atoms with E-state index in [1.165, 1.54) is 0 Å². The summed E-state index contributed by atoms with van der Waals surface area (Å²) in [5, 5.41) is 0.703. The van der Waals surface area contributed by atoms with E-state index in [9.17, 15) is 0 Å². The Bertz CT molecular complexity index is 436. The monoisotopic (exact) mass is 209 g/mol. The Morgan fingerprint density at radius 1 is 1.43 bits per heavy atom. The third-order valence-electron chi connectivity index (χ3n) is 2.20. The molecule has 0 fully saturated rings. The molecule has 0 spiro atoms. The molecular weight excluding hydrogens is 198 g/mol. The average Bonchev–Trinajstić information content (AvgIpc) is 2.60. The molecule has 0 atom stereocenters. The van der Waals surface area contributed by atoms with Crippen LogP contribution >= 0.6 is 11.6 Å². The minimum Gasteiger partial charge on any atom is -0.331 e. The molecule has 0 bridgehead atoms. The van der Waals surface area contributed by atoms with Gasteiger partial charge in [-0.15, -0.1) is 0 Å². The van der Waals surface area contributed by atoms with Crippen LogP contribution in [0.25, 0.3) is 11.0 Å². The summed E-state index contributed by atoms with van der Waals surface area (Å²) in [6.45, 7) is 1.59. The van der Waals surface area contributed by atoms with Gasteiger partial charge in [0, 0.05) is 6.54 Å². The largest absolute Gasteiger partial charge is 0.331 e. The van der Waals surface area contributed by atoms with Crippen LogP contribution in [0.2, 0.25) is 5.02 Å². The first-order chi connectivity index (χ1) is 6.83. The predicted molar refractivity (Wildman–Crippen MR) is 58.4 cm³/mol. The van der Waals surface area contributed by atoms with Crippen molar-refractivity contribution in [2.24, 2.45) is 5.73 Å². The van der Waals surface area contributed by atoms with Crippen molar-refractivity contribution >= 4 is 22.6 Å². The van der Waals surface area contributed by atoms with Crippen LogP contribution in [-0.4, -0.2) is 16.1 Å². The number of imidazole rings is 1. The molecule has 14 heavy (non-hydrogen) atoms. The third kappa shape index (κ3) is 1.61. The van der Waals surface area contributed by atoms with Crippen LogP contribution in [-0.2, 0) is 6.54 Å². The van der Waals surface area contributed by atoms with Crippen LogP contribution in [0.3, 0.4) is 0 Å². The number of halogens is 1. The molecule has 2 N–H and O–H groups in total. The molecular formula is C10H12ClN3. The van der Waals surface area contributed by atoms with Crippen LogP contribution in [0.15, 0.2) is 24.5 Å². The average molecular weight is 210 g/mol. The van der Waals surface area contributed by atoms with Crippen molar-refractivity contribution in [3.8, 4) is 0 Å². The Balaban J connectivity index is 2.42. The molecule has 0 aliphatic heterocycles. The number of rotatable bonds is 3. The smallest absolute Gasteiger partial charge is 0.107 e. The van der Waals surface area contributed by atoms with Gasteiger partial charge in [0.05, 0.1) is 16.9 Å². The Morgan fingerprint density at radius 2 is 2.29 bits per heavy atom. The maximum absolute atomic E-state index is 6.00. The van der Waals surface area contributed by atoms with Crippen molar-refractivity contribution in [3.63, 3.8) is 0 Å². The van der Waals surface area contributed by atoms with Gasteiger partial charge in [0.25, 0.3) is 0 Å². The number of fused-ring (bicyclic) bond motifs is 1. The van der Waals surface area contributed by atoms with Gasteiger partial charge < -0.3 is 10.3 Å². The van der Waals surface area contributed by atoms with Crippen molar-refractivity contribution in [2.45, 2.75) is 13.0 Å². The predicted octanol–water partition coefficient (Wildman–Crippen LogP) is 2.04. The summed E-state index contributed by atoms with van der Waals surface area (Å²) in [6, 6.07) is 5.81. The van der Waals surface area contributed by atoms with Gasteiger partial charge in [0.1, 0.15) is 5.52 Å². The first kappa shape index (κ1) is 9.49. The fourth-order valence-electron chi connectivity index (χ4n) is 1.49. The van der Waals surface area contributed by atoms with Crippen molar-refractivity contribution in [3.05, 3.63) is 29.5 Å². The van der Waals surface area contributed by atoms with E-state index in [0.29, 0.717) is 11.6 Å². The zero-order valence-corrected chi connectivity index (χ0v) is 8.54. The lowest BCUT2D eigenvalue weighted by Crippen LogP contribution is -2.04. The van der Waals surface area contributed by atoms with Crippen LogP contribution in [0.5, 0.6) is 0 Å². The van der Waals surface area contributed by atoms with Crippen LogP contribution < -0.4 is 5.73 Å². The van der Waals surface area contributed by atoms with Gasteiger partial charge >= 0.3 is 0 Å². The van der Waals surface area contributed by atoms with E-state index in [-0.39, 0.29) is 0 Å². The minimum atomic E-state index is 0.695. The van der Waals surface area contributed by atoms with Gasteiger partial charge in [-0.2, -0.15) is 0 Å². The van der Waals surface area contributed by atoms with Crippen molar-refractivity contribution in [1.29, 1.82) is 0 Å². The molecule has 0 saturated carbocycles. The Morgan fingerprint density at radius 3 is 3.07 bits per heavy atom. The van der Waals surface area contributed by atoms with E-state index in [2.05, 4.69) is 9.55 Å². The van der Waals surface area contributed by atoms with E-state index in [0.717, 1.165) is 24.0 Å². The maximum Gasteiger partial charge on any atom is 0.107 e. The molecule has 0 aliphatic rings.